The van der Waals surface area contributed by atoms with E-state index >= 15 is 0 Å². The van der Waals surface area contributed by atoms with E-state index < -0.39 is 0 Å². The zero-order chi connectivity index (χ0) is 14.0. The van der Waals surface area contributed by atoms with Gasteiger partial charge in [0.2, 0.25) is 0 Å². The average molecular weight is 259 g/mol. The fourth-order valence-corrected chi connectivity index (χ4v) is 2.14. The van der Waals surface area contributed by atoms with Crippen LogP contribution in [0, 0.1) is 20.8 Å². The van der Waals surface area contributed by atoms with Gasteiger partial charge >= 0.3 is 0 Å². The number of aromatic nitrogens is 2. The second kappa shape index (κ2) is 5.34. The van der Waals surface area contributed by atoms with E-state index in [1.54, 1.807) is 0 Å². The summed E-state index contributed by atoms with van der Waals surface area (Å²) in [5.74, 6) is 0.838. The minimum absolute atomic E-state index is 0.512. The maximum atomic E-state index is 5.92. The van der Waals surface area contributed by atoms with Gasteiger partial charge in [-0.05, 0) is 44.9 Å². The molecule has 1 aromatic carbocycles. The predicted molar refractivity (Wildman–Crippen MR) is 77.3 cm³/mol. The Morgan fingerprint density at radius 1 is 1.16 bits per heavy atom. The van der Waals surface area contributed by atoms with Crippen LogP contribution in [0.3, 0.4) is 0 Å². The summed E-state index contributed by atoms with van der Waals surface area (Å²) in [5, 5.41) is 4.41. The maximum Gasteiger partial charge on any atom is 0.130 e. The van der Waals surface area contributed by atoms with E-state index in [2.05, 4.69) is 18.1 Å². The van der Waals surface area contributed by atoms with Gasteiger partial charge in [-0.2, -0.15) is 5.10 Å². The van der Waals surface area contributed by atoms with Gasteiger partial charge < -0.3 is 10.5 Å². The first-order chi connectivity index (χ1) is 9.01. The van der Waals surface area contributed by atoms with Gasteiger partial charge in [-0.3, -0.25) is 4.68 Å². The molecular formula is C15H21N3O. The summed E-state index contributed by atoms with van der Waals surface area (Å²) < 4.78 is 7.83. The number of nitrogens with two attached hydrogens (primary N) is 1. The molecule has 0 aliphatic carbocycles. The average Bonchev–Trinajstić information content (AvgIpc) is 2.72. The van der Waals surface area contributed by atoms with Crippen molar-refractivity contribution in [1.29, 1.82) is 0 Å². The van der Waals surface area contributed by atoms with Crippen molar-refractivity contribution < 1.29 is 4.74 Å². The summed E-state index contributed by atoms with van der Waals surface area (Å²) in [6.07, 6.45) is 0. The van der Waals surface area contributed by atoms with E-state index in [0.29, 0.717) is 6.61 Å². The summed E-state index contributed by atoms with van der Waals surface area (Å²) in [6, 6.07) is 5.99. The van der Waals surface area contributed by atoms with Crippen LogP contribution in [0.2, 0.25) is 0 Å². The number of ether oxygens (including phenoxy) is 1. The van der Waals surface area contributed by atoms with Gasteiger partial charge in [-0.25, -0.2) is 0 Å². The minimum Gasteiger partial charge on any atom is -0.487 e. The van der Waals surface area contributed by atoms with Crippen LogP contribution < -0.4 is 10.5 Å². The zero-order valence-electron chi connectivity index (χ0n) is 12.0. The van der Waals surface area contributed by atoms with E-state index in [4.69, 9.17) is 10.5 Å². The molecule has 0 radical (unpaired) electrons. The Bertz CT molecular complexity index is 587. The number of benzene rings is 1. The number of nitrogens with zero attached hydrogens (tertiary/aromatic N) is 2. The smallest absolute Gasteiger partial charge is 0.130 e. The van der Waals surface area contributed by atoms with Gasteiger partial charge in [0.25, 0.3) is 0 Å². The van der Waals surface area contributed by atoms with Crippen molar-refractivity contribution in [2.24, 2.45) is 0 Å². The Morgan fingerprint density at radius 2 is 1.89 bits per heavy atom. The third-order valence-electron chi connectivity index (χ3n) is 3.22. The van der Waals surface area contributed by atoms with Crippen molar-refractivity contribution in [1.82, 2.24) is 9.78 Å². The van der Waals surface area contributed by atoms with Crippen molar-refractivity contribution in [3.8, 4) is 5.75 Å². The van der Waals surface area contributed by atoms with Crippen molar-refractivity contribution >= 4 is 5.69 Å². The lowest BCUT2D eigenvalue weighted by Crippen LogP contribution is -2.07. The largest absolute Gasteiger partial charge is 0.487 e. The maximum absolute atomic E-state index is 5.92. The molecule has 102 valence electrons. The molecule has 0 amide bonds. The molecule has 0 aliphatic rings. The Kier molecular flexibility index (Phi) is 3.79. The Hall–Kier alpha value is -1.97. The molecule has 2 aromatic rings. The number of hydrogen-bond donors (Lipinski definition) is 1. The lowest BCUT2D eigenvalue weighted by Gasteiger charge is -2.12. The van der Waals surface area contributed by atoms with Crippen molar-refractivity contribution in [3.63, 3.8) is 0 Å². The normalized spacial score (nSPS) is 10.7. The van der Waals surface area contributed by atoms with Gasteiger partial charge in [0.15, 0.2) is 0 Å². The Morgan fingerprint density at radius 3 is 2.58 bits per heavy atom. The first-order valence-corrected chi connectivity index (χ1v) is 6.54. The number of hydrogen-bond acceptors (Lipinski definition) is 3. The molecule has 0 saturated carbocycles. The van der Waals surface area contributed by atoms with Gasteiger partial charge in [-0.1, -0.05) is 6.07 Å². The molecule has 19 heavy (non-hydrogen) atoms. The first kappa shape index (κ1) is 13.5. The van der Waals surface area contributed by atoms with Crippen LogP contribution in [0.15, 0.2) is 18.2 Å². The molecule has 4 heteroatoms. The lowest BCUT2D eigenvalue weighted by molar-refractivity contribution is 0.290. The van der Waals surface area contributed by atoms with Crippen LogP contribution >= 0.6 is 0 Å². The van der Waals surface area contributed by atoms with Crippen LogP contribution in [0.25, 0.3) is 0 Å². The summed E-state index contributed by atoms with van der Waals surface area (Å²) >= 11 is 0. The van der Waals surface area contributed by atoms with Gasteiger partial charge in [0.1, 0.15) is 12.4 Å². The molecule has 4 nitrogen and oxygen atoms in total. The summed E-state index contributed by atoms with van der Waals surface area (Å²) in [4.78, 5) is 0. The third kappa shape index (κ3) is 2.89. The molecule has 0 fully saturated rings. The molecule has 0 spiro atoms. The molecule has 0 aliphatic heterocycles. The van der Waals surface area contributed by atoms with Crippen LogP contribution in [0.5, 0.6) is 5.75 Å². The fraction of sp³-hybridized carbons (Fsp3) is 0.400. The van der Waals surface area contributed by atoms with E-state index in [-0.39, 0.29) is 0 Å². The topological polar surface area (TPSA) is 53.1 Å². The van der Waals surface area contributed by atoms with E-state index in [1.807, 2.05) is 37.6 Å². The SMILES string of the molecule is CCn1nc(C)cc1COc1cc(N)c(C)cc1C. The summed E-state index contributed by atoms with van der Waals surface area (Å²) in [5.41, 5.74) is 11.0. The zero-order valence-corrected chi connectivity index (χ0v) is 12.0. The highest BCUT2D eigenvalue weighted by Crippen LogP contribution is 2.25. The van der Waals surface area contributed by atoms with E-state index in [0.717, 1.165) is 40.5 Å². The predicted octanol–water partition coefficient (Wildman–Crippen LogP) is 2.99. The number of anilines is 1. The summed E-state index contributed by atoms with van der Waals surface area (Å²) in [6.45, 7) is 9.46. The second-order valence-corrected chi connectivity index (χ2v) is 4.86. The Balaban J connectivity index is 2.16. The monoisotopic (exact) mass is 259 g/mol. The van der Waals surface area contributed by atoms with Crippen LogP contribution in [-0.4, -0.2) is 9.78 Å². The lowest BCUT2D eigenvalue weighted by atomic mass is 10.1. The molecule has 2 N–H and O–H groups in total. The minimum atomic E-state index is 0.512. The Labute approximate surface area is 114 Å². The first-order valence-electron chi connectivity index (χ1n) is 6.54. The molecule has 0 bridgehead atoms. The van der Waals surface area contributed by atoms with Crippen LogP contribution in [-0.2, 0) is 13.2 Å². The van der Waals surface area contributed by atoms with Gasteiger partial charge in [0, 0.05) is 18.3 Å². The highest BCUT2D eigenvalue weighted by Gasteiger charge is 2.07. The standard InChI is InChI=1S/C15H21N3O/c1-5-18-13(7-12(4)17-18)9-19-15-8-14(16)10(2)6-11(15)3/h6-8H,5,9,16H2,1-4H3. The molecule has 0 atom stereocenters. The van der Waals surface area contributed by atoms with Gasteiger partial charge in [-0.15, -0.1) is 0 Å². The molecule has 0 unspecified atom stereocenters. The number of aryl methyl sites for hydroxylation is 4. The van der Waals surface area contributed by atoms with Crippen molar-refractivity contribution in [3.05, 3.63) is 40.7 Å². The third-order valence-corrected chi connectivity index (χ3v) is 3.22. The van der Waals surface area contributed by atoms with Crippen LogP contribution in [0.1, 0.15) is 29.4 Å². The quantitative estimate of drug-likeness (QED) is 0.859. The highest BCUT2D eigenvalue weighted by molar-refractivity contribution is 5.54. The second-order valence-electron chi connectivity index (χ2n) is 4.86. The fourth-order valence-electron chi connectivity index (χ4n) is 2.14. The van der Waals surface area contributed by atoms with Gasteiger partial charge in [0.05, 0.1) is 11.4 Å². The van der Waals surface area contributed by atoms with E-state index in [9.17, 15) is 0 Å². The highest BCUT2D eigenvalue weighted by atomic mass is 16.5. The molecule has 0 saturated heterocycles. The van der Waals surface area contributed by atoms with Crippen molar-refractivity contribution in [2.75, 3.05) is 5.73 Å². The molecule has 2 rings (SSSR count). The molecule has 1 aromatic heterocycles. The molecular weight excluding hydrogens is 238 g/mol. The van der Waals surface area contributed by atoms with Crippen LogP contribution in [0.4, 0.5) is 5.69 Å². The summed E-state index contributed by atoms with van der Waals surface area (Å²) in [7, 11) is 0. The van der Waals surface area contributed by atoms with Crippen molar-refractivity contribution in [2.45, 2.75) is 40.8 Å². The number of nitrogen functional groups attached to an aromatic ring is 1. The number of rotatable bonds is 4. The molecule has 1 heterocycles. The van der Waals surface area contributed by atoms with E-state index in [1.165, 1.54) is 0 Å².